The van der Waals surface area contributed by atoms with Crippen molar-refractivity contribution in [2.24, 2.45) is 0 Å². The number of nitrogens with one attached hydrogen (secondary N) is 2. The molecule has 3 aromatic heterocycles. The van der Waals surface area contributed by atoms with Crippen LogP contribution < -0.4 is 10.6 Å². The average Bonchev–Trinajstić information content (AvgIpc) is 3.07. The minimum Gasteiger partial charge on any atom is -0.319 e. The van der Waals surface area contributed by atoms with Crippen LogP contribution in [0.15, 0.2) is 42.9 Å². The summed E-state index contributed by atoms with van der Waals surface area (Å²) in [4.78, 5) is 28.0. The number of benzene rings is 1. The highest BCUT2D eigenvalue weighted by Crippen LogP contribution is 2.35. The van der Waals surface area contributed by atoms with Crippen molar-refractivity contribution in [3.05, 3.63) is 64.1 Å². The number of rotatable bonds is 5. The van der Waals surface area contributed by atoms with Crippen LogP contribution in [-0.4, -0.2) is 24.9 Å². The molecule has 3 heterocycles. The van der Waals surface area contributed by atoms with Crippen LogP contribution in [0, 0.1) is 24.0 Å². The zero-order valence-electron chi connectivity index (χ0n) is 15.0. The molecule has 2 N–H and O–H groups in total. The fourth-order valence-electron chi connectivity index (χ4n) is 2.64. The number of thiazole rings is 1. The fourth-order valence-corrected chi connectivity index (χ4v) is 3.58. The first kappa shape index (κ1) is 17.7. The third-order valence-corrected chi connectivity index (χ3v) is 4.94. The lowest BCUT2D eigenvalue weighted by Gasteiger charge is -2.08. The van der Waals surface area contributed by atoms with Gasteiger partial charge in [-0.2, -0.15) is 0 Å². The zero-order valence-corrected chi connectivity index (χ0v) is 15.8. The van der Waals surface area contributed by atoms with E-state index in [-0.39, 0.29) is 17.3 Å². The van der Waals surface area contributed by atoms with Gasteiger partial charge in [-0.1, -0.05) is 29.5 Å². The van der Waals surface area contributed by atoms with Crippen LogP contribution in [0.5, 0.6) is 0 Å². The number of nitrogens with zero attached hydrogens (tertiary/aromatic N) is 5. The third-order valence-electron chi connectivity index (χ3n) is 4.01. The normalized spacial score (nSPS) is 10.8. The van der Waals surface area contributed by atoms with Gasteiger partial charge in [-0.15, -0.1) is 0 Å². The van der Waals surface area contributed by atoms with Crippen molar-refractivity contribution < 1.29 is 4.92 Å². The molecule has 0 aliphatic carbocycles. The van der Waals surface area contributed by atoms with Gasteiger partial charge >= 0.3 is 5.69 Å². The summed E-state index contributed by atoms with van der Waals surface area (Å²) in [5.74, 6) is 0.566. The second-order valence-electron chi connectivity index (χ2n) is 6.09. The van der Waals surface area contributed by atoms with Gasteiger partial charge < -0.3 is 10.6 Å². The first-order valence-corrected chi connectivity index (χ1v) is 9.15. The van der Waals surface area contributed by atoms with E-state index in [2.05, 4.69) is 30.6 Å². The van der Waals surface area contributed by atoms with Gasteiger partial charge in [-0.3, -0.25) is 10.1 Å². The molecule has 10 heteroatoms. The molecule has 4 rings (SSSR count). The van der Waals surface area contributed by atoms with Crippen LogP contribution in [0.25, 0.3) is 10.2 Å². The molecule has 0 atom stereocenters. The number of fused-ring (bicyclic) bond motifs is 1. The van der Waals surface area contributed by atoms with E-state index >= 15 is 0 Å². The lowest BCUT2D eigenvalue weighted by Crippen LogP contribution is -2.06. The molecule has 1 aromatic carbocycles. The van der Waals surface area contributed by atoms with Crippen LogP contribution in [0.1, 0.15) is 11.1 Å². The number of para-hydroxylation sites is 1. The number of nitro groups is 1. The Hall–Kier alpha value is -3.66. The third kappa shape index (κ3) is 3.45. The van der Waals surface area contributed by atoms with Crippen molar-refractivity contribution in [2.75, 3.05) is 10.6 Å². The van der Waals surface area contributed by atoms with E-state index in [1.54, 1.807) is 12.3 Å². The van der Waals surface area contributed by atoms with Gasteiger partial charge in [0.2, 0.25) is 11.6 Å². The number of pyridine rings is 1. The SMILES string of the molecule is Cc1ccc(Nc2ncnc(Nc3nc4c(C)cccc4s3)c2[N+](=O)[O-])nc1. The molecule has 0 aliphatic rings. The molecule has 0 aliphatic heterocycles. The molecule has 0 amide bonds. The Balaban J connectivity index is 1.71. The smallest absolute Gasteiger partial charge is 0.319 e. The van der Waals surface area contributed by atoms with Crippen molar-refractivity contribution in [3.63, 3.8) is 0 Å². The van der Waals surface area contributed by atoms with Gasteiger partial charge in [0, 0.05) is 6.20 Å². The molecular formula is C18H15N7O2S. The summed E-state index contributed by atoms with van der Waals surface area (Å²) in [6.45, 7) is 3.88. The van der Waals surface area contributed by atoms with Crippen LogP contribution >= 0.6 is 11.3 Å². The summed E-state index contributed by atoms with van der Waals surface area (Å²) in [5.41, 5.74) is 2.60. The molecule has 140 valence electrons. The summed E-state index contributed by atoms with van der Waals surface area (Å²) >= 11 is 1.40. The monoisotopic (exact) mass is 393 g/mol. The number of aryl methyl sites for hydroxylation is 2. The Morgan fingerprint density at radius 3 is 2.50 bits per heavy atom. The number of anilines is 4. The maximum atomic E-state index is 11.7. The van der Waals surface area contributed by atoms with Crippen molar-refractivity contribution in [2.45, 2.75) is 13.8 Å². The quantitative estimate of drug-likeness (QED) is 0.376. The van der Waals surface area contributed by atoms with Gasteiger partial charge in [-0.25, -0.2) is 19.9 Å². The molecule has 0 saturated carbocycles. The predicted molar refractivity (Wildman–Crippen MR) is 109 cm³/mol. The van der Waals surface area contributed by atoms with E-state index in [1.807, 2.05) is 38.1 Å². The Morgan fingerprint density at radius 1 is 1.04 bits per heavy atom. The van der Waals surface area contributed by atoms with Crippen molar-refractivity contribution in [1.82, 2.24) is 19.9 Å². The van der Waals surface area contributed by atoms with Crippen LogP contribution in [-0.2, 0) is 0 Å². The van der Waals surface area contributed by atoms with Gasteiger partial charge in [0.15, 0.2) is 5.13 Å². The van der Waals surface area contributed by atoms with Crippen LogP contribution in [0.2, 0.25) is 0 Å². The Labute approximate surface area is 163 Å². The molecule has 0 unspecified atom stereocenters. The minimum absolute atomic E-state index is 0.0520. The van der Waals surface area contributed by atoms with E-state index in [4.69, 9.17) is 0 Å². The zero-order chi connectivity index (χ0) is 19.7. The second kappa shape index (κ2) is 7.16. The lowest BCUT2D eigenvalue weighted by atomic mass is 10.2. The second-order valence-corrected chi connectivity index (χ2v) is 7.12. The Morgan fingerprint density at radius 2 is 1.82 bits per heavy atom. The van der Waals surface area contributed by atoms with Gasteiger partial charge in [-0.05, 0) is 37.1 Å². The summed E-state index contributed by atoms with van der Waals surface area (Å²) in [5, 5.41) is 18.1. The topological polar surface area (TPSA) is 119 Å². The molecule has 0 radical (unpaired) electrons. The highest BCUT2D eigenvalue weighted by Gasteiger charge is 2.24. The summed E-state index contributed by atoms with van der Waals surface area (Å²) < 4.78 is 0.987. The number of aromatic nitrogens is 4. The standard InChI is InChI=1S/C18H15N7O2S/c1-10-6-7-13(19-8-10)22-16-15(25(26)27)17(21-9-20-16)24-18-23-14-11(2)4-3-5-12(14)28-18/h3-9H,1-2H3,(H2,19,20,21,22,23,24). The molecule has 0 spiro atoms. The number of hydrogen-bond donors (Lipinski definition) is 2. The molecule has 0 bridgehead atoms. The van der Waals surface area contributed by atoms with E-state index in [1.165, 1.54) is 17.7 Å². The summed E-state index contributed by atoms with van der Waals surface area (Å²) in [6.07, 6.45) is 2.92. The van der Waals surface area contributed by atoms with Crippen molar-refractivity contribution in [3.8, 4) is 0 Å². The lowest BCUT2D eigenvalue weighted by molar-refractivity contribution is -0.383. The van der Waals surface area contributed by atoms with Gasteiger partial charge in [0.1, 0.15) is 12.1 Å². The van der Waals surface area contributed by atoms with E-state index in [0.717, 1.165) is 21.3 Å². The van der Waals surface area contributed by atoms with Crippen molar-refractivity contribution >= 4 is 49.8 Å². The summed E-state index contributed by atoms with van der Waals surface area (Å²) in [7, 11) is 0. The van der Waals surface area contributed by atoms with E-state index < -0.39 is 4.92 Å². The Bertz CT molecular complexity index is 1170. The van der Waals surface area contributed by atoms with Crippen molar-refractivity contribution in [1.29, 1.82) is 0 Å². The highest BCUT2D eigenvalue weighted by atomic mass is 32.1. The average molecular weight is 393 g/mol. The largest absolute Gasteiger partial charge is 0.354 e. The fraction of sp³-hybridized carbons (Fsp3) is 0.111. The molecule has 9 nitrogen and oxygen atoms in total. The first-order valence-electron chi connectivity index (χ1n) is 8.33. The molecule has 28 heavy (non-hydrogen) atoms. The van der Waals surface area contributed by atoms with E-state index in [9.17, 15) is 10.1 Å². The molecule has 0 saturated heterocycles. The molecule has 4 aromatic rings. The molecular weight excluding hydrogens is 378 g/mol. The first-order chi connectivity index (χ1) is 13.5. The Kier molecular flexibility index (Phi) is 4.53. The van der Waals surface area contributed by atoms with Crippen LogP contribution in [0.4, 0.5) is 28.3 Å². The summed E-state index contributed by atoms with van der Waals surface area (Å²) in [6, 6.07) is 9.45. The van der Waals surface area contributed by atoms with Gasteiger partial charge in [0.05, 0.1) is 15.1 Å². The molecule has 0 fully saturated rings. The maximum Gasteiger partial charge on any atom is 0.354 e. The predicted octanol–water partition coefficient (Wildman–Crippen LogP) is 4.49. The maximum absolute atomic E-state index is 11.7. The number of hydrogen-bond acceptors (Lipinski definition) is 9. The highest BCUT2D eigenvalue weighted by molar-refractivity contribution is 7.22. The van der Waals surface area contributed by atoms with Gasteiger partial charge in [0.25, 0.3) is 0 Å². The van der Waals surface area contributed by atoms with E-state index in [0.29, 0.717) is 10.9 Å². The van der Waals surface area contributed by atoms with Crippen LogP contribution in [0.3, 0.4) is 0 Å². The minimum atomic E-state index is -0.530.